The maximum Gasteiger partial charge on any atom is 0.319 e. The van der Waals surface area contributed by atoms with Gasteiger partial charge in [-0.2, -0.15) is 0 Å². The average molecular weight is 605 g/mol. The van der Waals surface area contributed by atoms with Crippen LogP contribution >= 0.6 is 0 Å². The lowest BCUT2D eigenvalue weighted by Gasteiger charge is -2.52. The molecule has 2 aliphatic rings. The Morgan fingerprint density at radius 3 is 2.38 bits per heavy atom. The zero-order valence-electron chi connectivity index (χ0n) is 25.2. The van der Waals surface area contributed by atoms with Crippen LogP contribution in [0.15, 0.2) is 97.1 Å². The predicted octanol–water partition coefficient (Wildman–Crippen LogP) is 4.88. The summed E-state index contributed by atoms with van der Waals surface area (Å²) in [6, 6.07) is 29.7. The zero-order chi connectivity index (χ0) is 31.3. The molecule has 0 unspecified atom stereocenters. The van der Waals surface area contributed by atoms with E-state index in [1.807, 2.05) is 84.9 Å². The lowest BCUT2D eigenvalue weighted by molar-refractivity contribution is -0.167. The second-order valence-corrected chi connectivity index (χ2v) is 11.4. The van der Waals surface area contributed by atoms with Crippen molar-refractivity contribution in [3.63, 3.8) is 0 Å². The Morgan fingerprint density at radius 1 is 0.867 bits per heavy atom. The fourth-order valence-corrected chi connectivity index (χ4v) is 6.19. The third-order valence-corrected chi connectivity index (χ3v) is 8.51. The minimum atomic E-state index is -0.806. The minimum absolute atomic E-state index is 0.133. The highest BCUT2D eigenvalue weighted by atomic mass is 16.5. The van der Waals surface area contributed by atoms with E-state index in [1.54, 1.807) is 33.8 Å². The number of amides is 4. The van der Waals surface area contributed by atoms with Crippen LogP contribution in [0.4, 0.5) is 4.79 Å². The summed E-state index contributed by atoms with van der Waals surface area (Å²) in [5, 5.41) is 5.15. The lowest BCUT2D eigenvalue weighted by Crippen LogP contribution is -2.72. The molecule has 45 heavy (non-hydrogen) atoms. The number of nitrogens with zero attached hydrogens (tertiary/aromatic N) is 3. The van der Waals surface area contributed by atoms with Crippen molar-refractivity contribution in [1.29, 1.82) is 0 Å². The molecule has 4 amide bonds. The Hall–Kier alpha value is -5.18. The molecule has 0 radical (unpaired) electrons. The number of hydrogen-bond acceptors (Lipinski definition) is 5. The molecule has 4 aromatic carbocycles. The van der Waals surface area contributed by atoms with Gasteiger partial charge in [-0.25, -0.2) is 4.79 Å². The van der Waals surface area contributed by atoms with Gasteiger partial charge in [0.25, 0.3) is 0 Å². The van der Waals surface area contributed by atoms with Gasteiger partial charge >= 0.3 is 12.0 Å². The van der Waals surface area contributed by atoms with E-state index in [-0.39, 0.29) is 56.2 Å². The molecule has 0 bridgehead atoms. The van der Waals surface area contributed by atoms with Gasteiger partial charge in [-0.05, 0) is 39.6 Å². The summed E-state index contributed by atoms with van der Waals surface area (Å²) in [5.74, 6) is -0.225. The number of esters is 1. The van der Waals surface area contributed by atoms with Crippen LogP contribution in [0, 0.1) is 0 Å². The quantitative estimate of drug-likeness (QED) is 0.228. The van der Waals surface area contributed by atoms with Crippen molar-refractivity contribution >= 4 is 34.6 Å². The summed E-state index contributed by atoms with van der Waals surface area (Å²) in [4.78, 5) is 58.2. The maximum absolute atomic E-state index is 14.3. The molecule has 1 N–H and O–H groups in total. The first-order valence-corrected chi connectivity index (χ1v) is 15.4. The van der Waals surface area contributed by atoms with Crippen LogP contribution in [0.25, 0.3) is 10.8 Å². The van der Waals surface area contributed by atoms with Crippen LogP contribution < -0.4 is 10.1 Å². The number of urea groups is 1. The Labute approximate surface area is 262 Å². The molecule has 0 spiro atoms. The summed E-state index contributed by atoms with van der Waals surface area (Å²) in [5.41, 5.74) is 2.78. The number of nitrogens with one attached hydrogen (secondary N) is 1. The molecule has 230 valence electrons. The van der Waals surface area contributed by atoms with E-state index in [9.17, 15) is 19.2 Å². The first-order valence-electron chi connectivity index (χ1n) is 15.4. The number of piperazine rings is 1. The number of fused-ring (bicyclic) bond motifs is 2. The topological polar surface area (TPSA) is 99.3 Å². The summed E-state index contributed by atoms with van der Waals surface area (Å²) >= 11 is 0. The van der Waals surface area contributed by atoms with E-state index in [0.29, 0.717) is 18.8 Å². The minimum Gasteiger partial charge on any atom is -0.427 e. The average Bonchev–Trinajstić information content (AvgIpc) is 3.07. The molecule has 6 rings (SSSR count). The third-order valence-electron chi connectivity index (χ3n) is 8.51. The van der Waals surface area contributed by atoms with E-state index in [4.69, 9.17) is 4.74 Å². The molecule has 2 heterocycles. The summed E-state index contributed by atoms with van der Waals surface area (Å²) < 4.78 is 5.32. The van der Waals surface area contributed by atoms with Crippen molar-refractivity contribution in [2.24, 2.45) is 0 Å². The van der Waals surface area contributed by atoms with Gasteiger partial charge in [0.1, 0.15) is 18.0 Å². The number of benzene rings is 4. The highest BCUT2D eigenvalue weighted by Crippen LogP contribution is 2.30. The van der Waals surface area contributed by atoms with Crippen LogP contribution in [0.2, 0.25) is 0 Å². The Kier molecular flexibility index (Phi) is 8.77. The molecule has 0 aromatic heterocycles. The fraction of sp³-hybridized carbons (Fsp3) is 0.278. The Balaban J connectivity index is 1.30. The van der Waals surface area contributed by atoms with Crippen LogP contribution in [0.3, 0.4) is 0 Å². The van der Waals surface area contributed by atoms with E-state index in [0.717, 1.165) is 27.5 Å². The Morgan fingerprint density at radius 2 is 1.60 bits per heavy atom. The van der Waals surface area contributed by atoms with Gasteiger partial charge in [0.2, 0.25) is 11.8 Å². The largest absolute Gasteiger partial charge is 0.427 e. The lowest BCUT2D eigenvalue weighted by atomic mass is 9.96. The molecule has 9 nitrogen and oxygen atoms in total. The maximum atomic E-state index is 14.3. The first-order chi connectivity index (χ1) is 21.9. The van der Waals surface area contributed by atoms with E-state index in [2.05, 4.69) is 5.32 Å². The van der Waals surface area contributed by atoms with E-state index >= 15 is 0 Å². The standard InChI is InChI=1S/C36H36N4O5/c1-2-34(42)45-29-17-15-25(16-18-29)21-31-35(43)38(23-28-13-8-12-27-11-6-7-14-30(27)28)24-32-39(20-19-33(41)40(31)32)36(44)37-22-26-9-4-3-5-10-26/h3-18,31-32H,2,19-24H2,1H3,(H,37,44)/t31-,32+/m0/s1. The van der Waals surface area contributed by atoms with Gasteiger partial charge < -0.3 is 24.8 Å². The SMILES string of the molecule is CCC(=O)Oc1ccc(C[C@H]2C(=O)N(Cc3cccc4ccccc34)C[C@@H]3N(C(=O)NCc4ccccc4)CCC(=O)N32)cc1. The van der Waals surface area contributed by atoms with Crippen LogP contribution in [0.1, 0.15) is 36.5 Å². The number of ether oxygens (including phenoxy) is 1. The monoisotopic (exact) mass is 604 g/mol. The van der Waals surface area contributed by atoms with Crippen molar-refractivity contribution < 1.29 is 23.9 Å². The van der Waals surface area contributed by atoms with Crippen molar-refractivity contribution in [2.75, 3.05) is 13.1 Å². The van der Waals surface area contributed by atoms with Gasteiger partial charge in [0.15, 0.2) is 0 Å². The molecule has 9 heteroatoms. The van der Waals surface area contributed by atoms with Gasteiger partial charge in [-0.3, -0.25) is 14.4 Å². The van der Waals surface area contributed by atoms with E-state index in [1.165, 1.54) is 0 Å². The van der Waals surface area contributed by atoms with Crippen molar-refractivity contribution in [2.45, 2.75) is 51.5 Å². The normalized spacial score (nSPS) is 18.1. The van der Waals surface area contributed by atoms with Gasteiger partial charge in [-0.1, -0.05) is 91.9 Å². The number of hydrogen-bond donors (Lipinski definition) is 1. The predicted molar refractivity (Wildman–Crippen MR) is 170 cm³/mol. The van der Waals surface area contributed by atoms with Crippen molar-refractivity contribution in [1.82, 2.24) is 20.0 Å². The molecule has 0 aliphatic carbocycles. The highest BCUT2D eigenvalue weighted by Gasteiger charge is 2.48. The van der Waals surface area contributed by atoms with Crippen LogP contribution in [-0.4, -0.2) is 63.8 Å². The molecule has 2 fully saturated rings. The number of carbonyl (C=O) groups excluding carboxylic acids is 4. The smallest absolute Gasteiger partial charge is 0.319 e. The van der Waals surface area contributed by atoms with Crippen LogP contribution in [0.5, 0.6) is 5.75 Å². The van der Waals surface area contributed by atoms with Gasteiger partial charge in [-0.15, -0.1) is 0 Å². The second-order valence-electron chi connectivity index (χ2n) is 11.4. The molecule has 2 aliphatic heterocycles. The third kappa shape index (κ3) is 6.52. The van der Waals surface area contributed by atoms with Gasteiger partial charge in [0, 0.05) is 38.9 Å². The Bertz CT molecular complexity index is 1700. The van der Waals surface area contributed by atoms with Crippen molar-refractivity contribution in [3.05, 3.63) is 114 Å². The molecular weight excluding hydrogens is 568 g/mol. The molecule has 4 aromatic rings. The zero-order valence-corrected chi connectivity index (χ0v) is 25.2. The number of carbonyl (C=O) groups is 4. The van der Waals surface area contributed by atoms with Crippen LogP contribution in [-0.2, 0) is 33.9 Å². The van der Waals surface area contributed by atoms with Gasteiger partial charge in [0.05, 0.1) is 6.54 Å². The highest BCUT2D eigenvalue weighted by molar-refractivity contribution is 5.92. The first kappa shape index (κ1) is 29.9. The second kappa shape index (κ2) is 13.2. The molecule has 0 saturated carbocycles. The van der Waals surface area contributed by atoms with E-state index < -0.39 is 12.2 Å². The van der Waals surface area contributed by atoms with Crippen molar-refractivity contribution in [3.8, 4) is 5.75 Å². The summed E-state index contributed by atoms with van der Waals surface area (Å²) in [6.45, 7) is 2.90. The molecular formula is C36H36N4O5. The fourth-order valence-electron chi connectivity index (χ4n) is 6.19. The summed E-state index contributed by atoms with van der Waals surface area (Å²) in [6.07, 6.45) is 0.0335. The molecule has 2 saturated heterocycles. The number of rotatable bonds is 8. The summed E-state index contributed by atoms with van der Waals surface area (Å²) in [7, 11) is 0. The molecule has 2 atom stereocenters.